The van der Waals surface area contributed by atoms with E-state index in [1.165, 1.54) is 17.2 Å². The Morgan fingerprint density at radius 2 is 1.66 bits per heavy atom. The predicted octanol–water partition coefficient (Wildman–Crippen LogP) is 2.54. The highest BCUT2D eigenvalue weighted by atomic mass is 32.2. The van der Waals surface area contributed by atoms with Gasteiger partial charge in [0, 0.05) is 38.1 Å². The molecule has 2 heterocycles. The van der Waals surface area contributed by atoms with Crippen LogP contribution in [0.1, 0.15) is 11.1 Å². The highest BCUT2D eigenvalue weighted by Crippen LogP contribution is 2.41. The largest absolute Gasteiger partial charge is 0.454 e. The van der Waals surface area contributed by atoms with E-state index in [4.69, 9.17) is 4.74 Å². The molecule has 2 aliphatic rings. The molecule has 3 aromatic carbocycles. The highest BCUT2D eigenvalue weighted by Gasteiger charge is 2.37. The van der Waals surface area contributed by atoms with Crippen molar-refractivity contribution in [1.82, 2.24) is 9.80 Å². The van der Waals surface area contributed by atoms with Crippen LogP contribution in [0.3, 0.4) is 0 Å². The molecule has 0 aliphatic carbocycles. The number of hydrogen-bond donors (Lipinski definition) is 0. The van der Waals surface area contributed by atoms with Crippen LogP contribution < -0.4 is 4.31 Å². The van der Waals surface area contributed by atoms with Gasteiger partial charge < -0.3 is 9.64 Å². The molecular formula is C26H27N3O5S. The standard InChI is InChI=1S/C26H27N3O5S/c1-19-5-2-6-20(15-19)16-27-11-13-28(14-12-27)24(30)18-34-25(31)17-29-22-9-3-7-21-8-4-10-23(26(21)22)35(29,32)33/h2-10,15H,11-14,16-18H2,1H3. The Kier molecular flexibility index (Phi) is 6.21. The molecule has 0 aromatic heterocycles. The van der Waals surface area contributed by atoms with Crippen LogP contribution in [-0.4, -0.2) is 69.4 Å². The number of sulfonamides is 1. The number of ether oxygens (including phenoxy) is 1. The summed E-state index contributed by atoms with van der Waals surface area (Å²) in [6.07, 6.45) is 0. The maximum absolute atomic E-state index is 13.0. The van der Waals surface area contributed by atoms with Crippen LogP contribution >= 0.6 is 0 Å². The first kappa shape index (κ1) is 23.3. The third kappa shape index (κ3) is 4.61. The average Bonchev–Trinajstić information content (AvgIpc) is 3.06. The molecule has 35 heavy (non-hydrogen) atoms. The van der Waals surface area contributed by atoms with Crippen LogP contribution in [0.4, 0.5) is 5.69 Å². The molecule has 3 aromatic rings. The minimum Gasteiger partial charge on any atom is -0.454 e. The van der Waals surface area contributed by atoms with Crippen molar-refractivity contribution >= 4 is 38.4 Å². The zero-order valence-corrected chi connectivity index (χ0v) is 20.3. The van der Waals surface area contributed by atoms with Crippen molar-refractivity contribution < 1.29 is 22.7 Å². The summed E-state index contributed by atoms with van der Waals surface area (Å²) in [6, 6.07) is 18.7. The normalized spacial score (nSPS) is 17.1. The molecule has 0 N–H and O–H groups in total. The van der Waals surface area contributed by atoms with E-state index in [0.717, 1.165) is 29.3 Å². The van der Waals surface area contributed by atoms with Gasteiger partial charge in [-0.2, -0.15) is 0 Å². The molecule has 0 spiro atoms. The Balaban J connectivity index is 1.14. The number of aryl methyl sites for hydroxylation is 1. The molecule has 0 unspecified atom stereocenters. The van der Waals surface area contributed by atoms with Gasteiger partial charge in [0.1, 0.15) is 6.54 Å². The molecule has 0 saturated carbocycles. The maximum atomic E-state index is 13.0. The molecule has 0 radical (unpaired) electrons. The molecule has 0 bridgehead atoms. The molecular weight excluding hydrogens is 466 g/mol. The van der Waals surface area contributed by atoms with Gasteiger partial charge in [-0.3, -0.25) is 18.8 Å². The highest BCUT2D eigenvalue weighted by molar-refractivity contribution is 7.93. The minimum absolute atomic E-state index is 0.179. The third-order valence-corrected chi connectivity index (χ3v) is 8.33. The van der Waals surface area contributed by atoms with Crippen LogP contribution in [0.15, 0.2) is 65.6 Å². The lowest BCUT2D eigenvalue weighted by Crippen LogP contribution is -2.49. The van der Waals surface area contributed by atoms with Crippen molar-refractivity contribution in [3.63, 3.8) is 0 Å². The molecule has 1 fully saturated rings. The van der Waals surface area contributed by atoms with Gasteiger partial charge >= 0.3 is 5.97 Å². The Morgan fingerprint density at radius 1 is 0.943 bits per heavy atom. The maximum Gasteiger partial charge on any atom is 0.327 e. The first-order valence-corrected chi connectivity index (χ1v) is 13.0. The van der Waals surface area contributed by atoms with Gasteiger partial charge in [0.05, 0.1) is 10.6 Å². The van der Waals surface area contributed by atoms with Crippen molar-refractivity contribution in [2.45, 2.75) is 18.4 Å². The fourth-order valence-electron chi connectivity index (χ4n) is 4.75. The fraction of sp³-hybridized carbons (Fsp3) is 0.308. The van der Waals surface area contributed by atoms with Crippen LogP contribution in [-0.2, 0) is 30.9 Å². The Bertz CT molecular complexity index is 1390. The number of amides is 1. The van der Waals surface area contributed by atoms with E-state index in [0.29, 0.717) is 24.2 Å². The van der Waals surface area contributed by atoms with Crippen molar-refractivity contribution in [1.29, 1.82) is 0 Å². The second-order valence-corrected chi connectivity index (χ2v) is 10.8. The number of benzene rings is 3. The first-order valence-electron chi connectivity index (χ1n) is 11.6. The van der Waals surface area contributed by atoms with Gasteiger partial charge in [0.25, 0.3) is 15.9 Å². The number of esters is 1. The van der Waals surface area contributed by atoms with Gasteiger partial charge in [0.15, 0.2) is 6.61 Å². The average molecular weight is 494 g/mol. The zero-order valence-electron chi connectivity index (χ0n) is 19.5. The van der Waals surface area contributed by atoms with Gasteiger partial charge in [-0.15, -0.1) is 0 Å². The summed E-state index contributed by atoms with van der Waals surface area (Å²) in [4.78, 5) is 29.3. The first-order chi connectivity index (χ1) is 16.8. The van der Waals surface area contributed by atoms with Crippen LogP contribution in [0.5, 0.6) is 0 Å². The number of anilines is 1. The lowest BCUT2D eigenvalue weighted by Gasteiger charge is -2.34. The molecule has 182 valence electrons. The topological polar surface area (TPSA) is 87.2 Å². The van der Waals surface area contributed by atoms with Gasteiger partial charge in [-0.1, -0.05) is 54.1 Å². The van der Waals surface area contributed by atoms with Gasteiger partial charge in [-0.05, 0) is 30.0 Å². The lowest BCUT2D eigenvalue weighted by atomic mass is 10.1. The monoisotopic (exact) mass is 493 g/mol. The lowest BCUT2D eigenvalue weighted by molar-refractivity contribution is -0.151. The summed E-state index contributed by atoms with van der Waals surface area (Å²) in [5.74, 6) is -1.03. The Labute approximate surface area is 204 Å². The summed E-state index contributed by atoms with van der Waals surface area (Å²) in [6.45, 7) is 4.61. The summed E-state index contributed by atoms with van der Waals surface area (Å²) >= 11 is 0. The van der Waals surface area contributed by atoms with Gasteiger partial charge in [-0.25, -0.2) is 8.42 Å². The molecule has 1 amide bonds. The number of carbonyl (C=O) groups excluding carboxylic acids is 2. The number of hydrogen-bond acceptors (Lipinski definition) is 6. The summed E-state index contributed by atoms with van der Waals surface area (Å²) in [5.41, 5.74) is 2.92. The van der Waals surface area contributed by atoms with Crippen molar-refractivity contribution in [2.24, 2.45) is 0 Å². The SMILES string of the molecule is Cc1cccc(CN2CCN(C(=O)COC(=O)CN3c4cccc5cccc(c45)S3(=O)=O)CC2)c1. The van der Waals surface area contributed by atoms with E-state index >= 15 is 0 Å². The summed E-state index contributed by atoms with van der Waals surface area (Å²) < 4.78 is 32.3. The molecule has 1 saturated heterocycles. The molecule has 5 rings (SSSR count). The van der Waals surface area contributed by atoms with Crippen molar-refractivity contribution in [3.05, 3.63) is 71.8 Å². The van der Waals surface area contributed by atoms with E-state index in [1.807, 2.05) is 18.2 Å². The second-order valence-electron chi connectivity index (χ2n) is 8.95. The van der Waals surface area contributed by atoms with E-state index in [2.05, 4.69) is 30.0 Å². The third-order valence-electron chi connectivity index (χ3n) is 6.52. The predicted molar refractivity (Wildman–Crippen MR) is 132 cm³/mol. The second kappa shape index (κ2) is 9.31. The van der Waals surface area contributed by atoms with E-state index in [9.17, 15) is 18.0 Å². The van der Waals surface area contributed by atoms with E-state index in [-0.39, 0.29) is 10.8 Å². The van der Waals surface area contributed by atoms with Crippen LogP contribution in [0, 0.1) is 6.92 Å². The zero-order chi connectivity index (χ0) is 24.6. The molecule has 8 nitrogen and oxygen atoms in total. The molecule has 9 heteroatoms. The van der Waals surface area contributed by atoms with E-state index in [1.54, 1.807) is 23.1 Å². The molecule has 0 atom stereocenters. The van der Waals surface area contributed by atoms with E-state index < -0.39 is 29.1 Å². The van der Waals surface area contributed by atoms with Crippen molar-refractivity contribution in [3.8, 4) is 0 Å². The van der Waals surface area contributed by atoms with Crippen molar-refractivity contribution in [2.75, 3.05) is 43.6 Å². The minimum atomic E-state index is -3.86. The smallest absolute Gasteiger partial charge is 0.327 e. The molecule has 2 aliphatic heterocycles. The number of nitrogens with zero attached hydrogens (tertiary/aromatic N) is 3. The van der Waals surface area contributed by atoms with Crippen LogP contribution in [0.2, 0.25) is 0 Å². The quantitative estimate of drug-likeness (QED) is 0.491. The Morgan fingerprint density at radius 3 is 2.40 bits per heavy atom. The van der Waals surface area contributed by atoms with Crippen LogP contribution in [0.25, 0.3) is 10.8 Å². The van der Waals surface area contributed by atoms with Gasteiger partial charge in [0.2, 0.25) is 0 Å². The number of rotatable bonds is 6. The fourth-order valence-corrected chi connectivity index (χ4v) is 6.40. The Hall–Kier alpha value is -3.43. The summed E-state index contributed by atoms with van der Waals surface area (Å²) in [5, 5.41) is 1.39. The number of piperazine rings is 1. The number of carbonyl (C=O) groups is 2. The summed E-state index contributed by atoms with van der Waals surface area (Å²) in [7, 11) is -3.86.